The standard InChI is InChI=1S/C18H14N4O2S2/c1-11-6-7-16(26-11)13-10-25-18(20-13)21-17(24)9-22-14-5-3-2-4-12(14)15(23)8-19-22/h2-8,10H,9H2,1H3,(H,20,21,24). The van der Waals surface area contributed by atoms with E-state index in [1.54, 1.807) is 29.5 Å². The molecule has 1 amide bonds. The van der Waals surface area contributed by atoms with Crippen molar-refractivity contribution in [3.8, 4) is 10.6 Å². The summed E-state index contributed by atoms with van der Waals surface area (Å²) in [5, 5.41) is 9.88. The predicted octanol–water partition coefficient (Wildman–Crippen LogP) is 3.53. The van der Waals surface area contributed by atoms with E-state index < -0.39 is 0 Å². The van der Waals surface area contributed by atoms with Crippen LogP contribution >= 0.6 is 22.7 Å². The third kappa shape index (κ3) is 3.29. The topological polar surface area (TPSA) is 76.9 Å². The quantitative estimate of drug-likeness (QED) is 0.586. The number of thiophene rings is 1. The van der Waals surface area contributed by atoms with Gasteiger partial charge in [-0.1, -0.05) is 12.1 Å². The summed E-state index contributed by atoms with van der Waals surface area (Å²) in [5.41, 5.74) is 1.33. The van der Waals surface area contributed by atoms with E-state index in [9.17, 15) is 9.59 Å². The zero-order chi connectivity index (χ0) is 18.1. The molecule has 3 aromatic heterocycles. The molecule has 0 saturated heterocycles. The first-order chi connectivity index (χ1) is 12.6. The van der Waals surface area contributed by atoms with Gasteiger partial charge in [0.25, 0.3) is 0 Å². The maximum absolute atomic E-state index is 12.4. The van der Waals surface area contributed by atoms with Gasteiger partial charge in [-0.25, -0.2) is 4.98 Å². The first-order valence-electron chi connectivity index (χ1n) is 7.87. The number of hydrogen-bond acceptors (Lipinski definition) is 6. The summed E-state index contributed by atoms with van der Waals surface area (Å²) in [7, 11) is 0. The number of fused-ring (bicyclic) bond motifs is 1. The Kier molecular flexibility index (Phi) is 4.36. The number of anilines is 1. The van der Waals surface area contributed by atoms with Crippen molar-refractivity contribution in [3.05, 3.63) is 63.1 Å². The van der Waals surface area contributed by atoms with Crippen molar-refractivity contribution >= 4 is 44.6 Å². The van der Waals surface area contributed by atoms with Gasteiger partial charge >= 0.3 is 0 Å². The summed E-state index contributed by atoms with van der Waals surface area (Å²) in [6.45, 7) is 2.05. The van der Waals surface area contributed by atoms with E-state index in [0.717, 1.165) is 10.6 Å². The van der Waals surface area contributed by atoms with Crippen LogP contribution in [-0.4, -0.2) is 20.7 Å². The van der Waals surface area contributed by atoms with Crippen LogP contribution in [0.2, 0.25) is 0 Å². The number of benzene rings is 1. The number of thiazole rings is 1. The predicted molar refractivity (Wildman–Crippen MR) is 105 cm³/mol. The molecule has 0 radical (unpaired) electrons. The third-order valence-corrected chi connectivity index (χ3v) is 5.58. The number of nitrogens with one attached hydrogen (secondary N) is 1. The van der Waals surface area contributed by atoms with Crippen LogP contribution in [-0.2, 0) is 11.3 Å². The first-order valence-corrected chi connectivity index (χ1v) is 9.57. The monoisotopic (exact) mass is 382 g/mol. The maximum Gasteiger partial charge on any atom is 0.247 e. The Bertz CT molecular complexity index is 1160. The van der Waals surface area contributed by atoms with Crippen LogP contribution in [0.5, 0.6) is 0 Å². The van der Waals surface area contributed by atoms with E-state index in [4.69, 9.17) is 0 Å². The zero-order valence-electron chi connectivity index (χ0n) is 13.8. The van der Waals surface area contributed by atoms with Gasteiger partial charge in [0, 0.05) is 15.6 Å². The lowest BCUT2D eigenvalue weighted by atomic mass is 10.2. The van der Waals surface area contributed by atoms with E-state index in [1.807, 2.05) is 30.5 Å². The molecular weight excluding hydrogens is 368 g/mol. The van der Waals surface area contributed by atoms with Gasteiger partial charge in [-0.05, 0) is 31.2 Å². The van der Waals surface area contributed by atoms with E-state index in [2.05, 4.69) is 15.4 Å². The second kappa shape index (κ2) is 6.81. The fourth-order valence-electron chi connectivity index (χ4n) is 2.60. The smallest absolute Gasteiger partial charge is 0.247 e. The van der Waals surface area contributed by atoms with Gasteiger partial charge in [0.1, 0.15) is 6.54 Å². The fraction of sp³-hybridized carbons (Fsp3) is 0.111. The van der Waals surface area contributed by atoms with Crippen LogP contribution in [0.15, 0.2) is 52.8 Å². The molecule has 4 aromatic rings. The number of carbonyl (C=O) groups excluding carboxylic acids is 1. The maximum atomic E-state index is 12.4. The number of nitrogens with zero attached hydrogens (tertiary/aromatic N) is 3. The Morgan fingerprint density at radius 1 is 1.23 bits per heavy atom. The van der Waals surface area contributed by atoms with Gasteiger partial charge in [-0.15, -0.1) is 22.7 Å². The van der Waals surface area contributed by atoms with Crippen molar-refractivity contribution in [2.75, 3.05) is 5.32 Å². The molecule has 1 N–H and O–H groups in total. The van der Waals surface area contributed by atoms with E-state index >= 15 is 0 Å². The molecule has 0 aliphatic rings. The van der Waals surface area contributed by atoms with Gasteiger partial charge in [-0.3, -0.25) is 14.3 Å². The minimum atomic E-state index is -0.241. The molecular formula is C18H14N4O2S2. The van der Waals surface area contributed by atoms with Crippen LogP contribution in [0.25, 0.3) is 21.5 Å². The summed E-state index contributed by atoms with van der Waals surface area (Å²) in [6.07, 6.45) is 1.23. The number of aromatic nitrogens is 3. The molecule has 8 heteroatoms. The van der Waals surface area contributed by atoms with Crippen molar-refractivity contribution in [1.29, 1.82) is 0 Å². The van der Waals surface area contributed by atoms with Gasteiger partial charge in [0.2, 0.25) is 11.3 Å². The second-order valence-corrected chi connectivity index (χ2v) is 7.83. The molecule has 130 valence electrons. The summed E-state index contributed by atoms with van der Waals surface area (Å²) >= 11 is 3.05. The lowest BCUT2D eigenvalue weighted by Crippen LogP contribution is -2.22. The highest BCUT2D eigenvalue weighted by Gasteiger charge is 2.11. The minimum Gasteiger partial charge on any atom is -0.300 e. The molecule has 0 unspecified atom stereocenters. The van der Waals surface area contributed by atoms with Gasteiger partial charge in [0.15, 0.2) is 5.13 Å². The van der Waals surface area contributed by atoms with Crippen LogP contribution in [0.4, 0.5) is 5.13 Å². The van der Waals surface area contributed by atoms with Crippen molar-refractivity contribution < 1.29 is 4.79 Å². The molecule has 6 nitrogen and oxygen atoms in total. The zero-order valence-corrected chi connectivity index (χ0v) is 15.4. The van der Waals surface area contributed by atoms with Crippen LogP contribution in [0, 0.1) is 6.92 Å². The number of carbonyl (C=O) groups is 1. The average Bonchev–Trinajstić information content (AvgIpc) is 3.26. The SMILES string of the molecule is Cc1ccc(-c2csc(NC(=O)Cn3ncc(=O)c4ccccc43)n2)s1. The third-order valence-electron chi connectivity index (χ3n) is 3.80. The molecule has 4 rings (SSSR count). The van der Waals surface area contributed by atoms with Crippen molar-refractivity contribution in [1.82, 2.24) is 14.8 Å². The van der Waals surface area contributed by atoms with E-state index in [0.29, 0.717) is 16.0 Å². The lowest BCUT2D eigenvalue weighted by molar-refractivity contribution is -0.116. The Hall–Kier alpha value is -2.84. The number of para-hydroxylation sites is 1. The Labute approximate surface area is 156 Å². The van der Waals surface area contributed by atoms with Crippen molar-refractivity contribution in [3.63, 3.8) is 0 Å². The Morgan fingerprint density at radius 3 is 2.88 bits per heavy atom. The number of amides is 1. The summed E-state index contributed by atoms with van der Waals surface area (Å²) in [5.74, 6) is -0.241. The fourth-order valence-corrected chi connectivity index (χ4v) is 4.23. The molecule has 0 bridgehead atoms. The largest absolute Gasteiger partial charge is 0.300 e. The Balaban J connectivity index is 1.52. The molecule has 0 aliphatic carbocycles. The summed E-state index contributed by atoms with van der Waals surface area (Å²) in [6, 6.07) is 11.2. The molecule has 26 heavy (non-hydrogen) atoms. The molecule has 1 aromatic carbocycles. The van der Waals surface area contributed by atoms with Crippen molar-refractivity contribution in [2.45, 2.75) is 13.5 Å². The van der Waals surface area contributed by atoms with Crippen molar-refractivity contribution in [2.24, 2.45) is 0 Å². The molecule has 0 spiro atoms. The molecule has 0 saturated carbocycles. The summed E-state index contributed by atoms with van der Waals surface area (Å²) in [4.78, 5) is 31.0. The lowest BCUT2D eigenvalue weighted by Gasteiger charge is -2.08. The molecule has 3 heterocycles. The number of aryl methyl sites for hydroxylation is 1. The molecule has 0 atom stereocenters. The van der Waals surface area contributed by atoms with Crippen LogP contribution < -0.4 is 10.7 Å². The summed E-state index contributed by atoms with van der Waals surface area (Å²) < 4.78 is 1.52. The Morgan fingerprint density at radius 2 is 2.08 bits per heavy atom. The van der Waals surface area contributed by atoms with Gasteiger partial charge in [0.05, 0.1) is 22.3 Å². The first kappa shape index (κ1) is 16.6. The molecule has 0 fully saturated rings. The highest BCUT2D eigenvalue weighted by molar-refractivity contribution is 7.17. The van der Waals surface area contributed by atoms with Crippen LogP contribution in [0.3, 0.4) is 0 Å². The molecule has 0 aliphatic heterocycles. The minimum absolute atomic E-state index is 0.00775. The highest BCUT2D eigenvalue weighted by Crippen LogP contribution is 2.30. The van der Waals surface area contributed by atoms with Gasteiger partial charge < -0.3 is 5.32 Å². The second-order valence-electron chi connectivity index (χ2n) is 5.68. The average molecular weight is 382 g/mol. The number of rotatable bonds is 4. The highest BCUT2D eigenvalue weighted by atomic mass is 32.1. The number of hydrogen-bond donors (Lipinski definition) is 1. The normalized spacial score (nSPS) is 11.0. The van der Waals surface area contributed by atoms with Crippen LogP contribution in [0.1, 0.15) is 4.88 Å². The van der Waals surface area contributed by atoms with E-state index in [-0.39, 0.29) is 17.9 Å². The van der Waals surface area contributed by atoms with E-state index in [1.165, 1.54) is 27.1 Å². The van der Waals surface area contributed by atoms with Gasteiger partial charge in [-0.2, -0.15) is 5.10 Å².